The lowest BCUT2D eigenvalue weighted by molar-refractivity contribution is -0.384. The van der Waals surface area contributed by atoms with E-state index >= 15 is 0 Å². The zero-order chi connectivity index (χ0) is 109. The third-order valence-corrected chi connectivity index (χ3v) is 25.5. The number of rotatable bonds is 37. The fraction of sp³-hybridized carbons (Fsp3) is 0.609. The maximum absolute atomic E-state index is 12.1. The highest BCUT2D eigenvalue weighted by Crippen LogP contribution is 2.37. The normalized spacial score (nSPS) is 12.5. The molecule has 21 nitrogen and oxygen atoms in total. The Balaban J connectivity index is 0.000000744. The quantitative estimate of drug-likeness (QED) is 0.0185. The molecule has 3 fully saturated rings. The molecule has 598 valence electrons. The molecule has 72 radical (unpaired) electrons. The summed E-state index contributed by atoms with van der Waals surface area (Å²) in [6.07, 6.45) is -48.6. The molecular weight excluding hydrogens is 1730 g/mol. The number of nitrogen functional groups attached to an aromatic ring is 1. The van der Waals surface area contributed by atoms with Crippen molar-refractivity contribution in [1.29, 1.82) is 0 Å². The van der Waals surface area contributed by atoms with Gasteiger partial charge in [-0.15, -0.1) is 0 Å². The van der Waals surface area contributed by atoms with E-state index in [0.717, 1.165) is 50.4 Å². The van der Waals surface area contributed by atoms with Crippen LogP contribution in [0.3, 0.4) is 0 Å². The number of hydrogen-bond acceptors (Lipinski definition) is 16. The molecule has 0 bridgehead atoms. The molecule has 0 unspecified atom stereocenters. The van der Waals surface area contributed by atoms with Crippen molar-refractivity contribution in [2.45, 2.75) is 119 Å². The molecule has 94 heteroatoms. The van der Waals surface area contributed by atoms with Gasteiger partial charge in [0.1, 0.15) is 27.5 Å². The summed E-state index contributed by atoms with van der Waals surface area (Å²) in [5.41, 5.74) is 8.26. The lowest BCUT2D eigenvalue weighted by Crippen LogP contribution is -2.98. The lowest BCUT2D eigenvalue weighted by atomic mass is 8.21. The van der Waals surface area contributed by atoms with Crippen LogP contribution in [0.5, 0.6) is 0 Å². The second kappa shape index (κ2) is 61.5. The fourth-order valence-corrected chi connectivity index (χ4v) is 20.2. The molecule has 3 aromatic rings. The fourth-order valence-electron chi connectivity index (χ4n) is 19.2. The van der Waals surface area contributed by atoms with Gasteiger partial charge in [-0.1, -0.05) is 34.8 Å². The molecular formula is C46H68B70Cl3N11O10. The van der Waals surface area contributed by atoms with Crippen molar-refractivity contribution in [2.75, 3.05) is 81.0 Å². The topological polar surface area (TPSA) is 246 Å². The summed E-state index contributed by atoms with van der Waals surface area (Å²) in [6.45, 7) is 28.3. The summed E-state index contributed by atoms with van der Waals surface area (Å²) in [5.74, 6) is 0. The van der Waals surface area contributed by atoms with Gasteiger partial charge < -0.3 is 44.4 Å². The number of hydrogen-bond donors (Lipinski definition) is 1. The minimum Gasteiger partial charge on any atom is -0.444 e. The highest BCUT2D eigenvalue weighted by Gasteiger charge is 2.65. The number of halogens is 3. The Labute approximate surface area is 914 Å². The number of nitrogens with zero attached hydrogens (tertiary/aromatic N) is 10. The Morgan fingerprint density at radius 3 is 0.736 bits per heavy atom. The van der Waals surface area contributed by atoms with Crippen LogP contribution < -0.4 is 15.5 Å². The van der Waals surface area contributed by atoms with Crippen molar-refractivity contribution >= 4 is 577 Å². The number of amides is 3. The number of pyridine rings is 3. The van der Waals surface area contributed by atoms with E-state index < -0.39 is 238 Å². The number of aryl methyl sites for hydroxylation is 3. The minimum atomic E-state index is -1.72. The van der Waals surface area contributed by atoms with Crippen LogP contribution in [0.25, 0.3) is 0 Å². The first-order chi connectivity index (χ1) is 64.1. The number of anilines is 3. The van der Waals surface area contributed by atoms with E-state index in [1.165, 1.54) is 12.5 Å². The monoisotopic (exact) mass is 1810 g/mol. The molecule has 3 aliphatic heterocycles. The second-order valence-electron chi connectivity index (χ2n) is 39.3. The molecule has 0 atom stereocenters. The van der Waals surface area contributed by atoms with E-state index in [1.54, 1.807) is 40.8 Å². The molecule has 6 rings (SSSR count). The maximum Gasteiger partial charge on any atom is 0.410 e. The average Bonchev–Trinajstić information content (AvgIpc) is 0.716. The maximum atomic E-state index is 12.1. The van der Waals surface area contributed by atoms with Crippen LogP contribution in [0.4, 0.5) is 42.8 Å². The van der Waals surface area contributed by atoms with Crippen molar-refractivity contribution in [3.63, 3.8) is 0 Å². The van der Waals surface area contributed by atoms with Crippen molar-refractivity contribution in [3.8, 4) is 0 Å². The van der Waals surface area contributed by atoms with E-state index in [2.05, 4.69) is 19.9 Å². The smallest absolute Gasteiger partial charge is 0.410 e. The van der Waals surface area contributed by atoms with E-state index in [0.29, 0.717) is 62.0 Å². The molecule has 3 aliphatic rings. The highest BCUT2D eigenvalue weighted by atomic mass is 35.5. The number of ether oxygens (including phenoxy) is 3. The zero-order valence-electron chi connectivity index (χ0n) is 82.7. The highest BCUT2D eigenvalue weighted by molar-refractivity contribution is 8.40. The SMILES string of the molecule is CC(C)(C)OC(=O)N1CCCCC1.Cc1cc(Cl)c([N+](=O)[O-])c(Cl)n1.Cc1cc(N2CCN(C(=O)OC(C)(C)C)CC2)c(N)cn1.Cc1cc(N2CCN(C(=O)OC(C)(C)C)CC2)c([N+](=O)[O-])c(Cl)n1.[B]B([B])B(B([B])[B])B(B(B([B])[B])B([B])[B])B(B(B([B])[B])B([B])[B])B(B(B(B([B])[B])B([B])[B])B(B([B])[B])B([B])[B])B(B(B(B([B])[B])B([B])[B])B(B([B])[B])B([B])[B])B(B(B([B])[B])B([B])[B])B(B([B])[B])B([B])[B]. The van der Waals surface area contributed by atoms with Gasteiger partial charge in [0.25, 0.3) is 0 Å². The van der Waals surface area contributed by atoms with Crippen LogP contribution in [0.15, 0.2) is 24.4 Å². The van der Waals surface area contributed by atoms with Crippen molar-refractivity contribution in [1.82, 2.24) is 29.7 Å². The van der Waals surface area contributed by atoms with Gasteiger partial charge in [-0.25, -0.2) is 24.4 Å². The van der Waals surface area contributed by atoms with E-state index in [4.69, 9.17) is 333 Å². The van der Waals surface area contributed by atoms with Crippen LogP contribution in [-0.2, 0) is 14.2 Å². The third-order valence-electron chi connectivity index (χ3n) is 24.7. The number of aromatic nitrogens is 3. The Morgan fingerprint density at radius 2 is 0.514 bits per heavy atom. The largest absolute Gasteiger partial charge is 0.444 e. The second-order valence-corrected chi connectivity index (χ2v) is 40.4. The number of piperazine rings is 2. The number of piperidine rings is 1. The van der Waals surface area contributed by atoms with Crippen LogP contribution in [0, 0.1) is 41.0 Å². The van der Waals surface area contributed by atoms with Crippen LogP contribution in [0.1, 0.15) is 98.7 Å². The summed E-state index contributed by atoms with van der Waals surface area (Å²) < 4.78 is 16.0. The van der Waals surface area contributed by atoms with Crippen LogP contribution in [-0.4, -0.2) is 636 Å². The Morgan fingerprint density at radius 1 is 0.314 bits per heavy atom. The number of likely N-dealkylation sites (tertiary alicyclic amines) is 1. The molecule has 2 N–H and O–H groups in total. The first-order valence-corrected chi connectivity index (χ1v) is 46.9. The molecule has 3 saturated heterocycles. The summed E-state index contributed by atoms with van der Waals surface area (Å²) in [4.78, 5) is 77.1. The van der Waals surface area contributed by atoms with Gasteiger partial charge in [-0.05, 0) is 121 Å². The summed E-state index contributed by atoms with van der Waals surface area (Å²) in [6, 6.07) is 5.02. The predicted molar refractivity (Wildman–Crippen MR) is 674 cm³/mol. The predicted octanol–water partition coefficient (Wildman–Crippen LogP) is -16.6. The molecule has 0 aliphatic carbocycles. The lowest BCUT2D eigenvalue weighted by Gasteiger charge is -2.60. The Kier molecular flexibility index (Phi) is 59.3. The molecule has 3 aromatic heterocycles. The molecule has 0 aromatic carbocycles. The Bertz CT molecular complexity index is 4050. The molecule has 140 heavy (non-hydrogen) atoms. The van der Waals surface area contributed by atoms with Gasteiger partial charge in [-0.3, -0.25) is 25.2 Å². The number of carbonyl (C=O) groups excluding carboxylic acids is 3. The van der Waals surface area contributed by atoms with E-state index in [9.17, 15) is 34.6 Å². The number of nitro groups is 2. The summed E-state index contributed by atoms with van der Waals surface area (Å²) in [5, 5.41) is 21.4. The Hall–Kier alpha value is -1.12. The molecule has 3 amide bonds. The van der Waals surface area contributed by atoms with Crippen LogP contribution in [0.2, 0.25) is 15.3 Å². The summed E-state index contributed by atoms with van der Waals surface area (Å²) >= 11 is 17.0. The minimum absolute atomic E-state index is 0.0116. The zero-order valence-corrected chi connectivity index (χ0v) is 84.9. The molecule has 0 saturated carbocycles. The van der Waals surface area contributed by atoms with Gasteiger partial charge in [0.2, 0.25) is 10.3 Å². The summed E-state index contributed by atoms with van der Waals surface area (Å²) in [7, 11) is 242. The number of carbonyl (C=O) groups is 3. The molecule has 6 heterocycles. The molecule has 0 spiro atoms. The van der Waals surface area contributed by atoms with Gasteiger partial charge in [0.05, 0.1) is 27.4 Å². The van der Waals surface area contributed by atoms with Crippen molar-refractivity contribution < 1.29 is 38.4 Å². The third kappa shape index (κ3) is 41.5. The first-order valence-electron chi connectivity index (χ1n) is 45.8. The van der Waals surface area contributed by atoms with Crippen LogP contribution >= 0.6 is 34.8 Å². The van der Waals surface area contributed by atoms with E-state index in [1.807, 2.05) is 80.2 Å². The average molecular weight is 1800 g/mol. The number of nitrogens with two attached hydrogens (primary N) is 1. The van der Waals surface area contributed by atoms with Gasteiger partial charge in [0, 0.05) is 578 Å². The van der Waals surface area contributed by atoms with E-state index in [-0.39, 0.29) is 50.6 Å². The standard InChI is InChI=1S/C15H21ClN4O4.C15H24N4O2.C10H19NO2.C6H4Cl2N2O2.B70/c1-10-9-11(12(20(22)23)13(16)17-10)18-5-7-19(8-6-18)14(21)24-15(2,3)4;1-11-9-13(12(16)10-17-11)18-5-7-19(8-6-18)14(20)21-15(2,3)4;1-10(2,3)13-9(12)11-7-5-4-6-8-11;1-3-2-4(7)5(10(11)12)6(8)9-3;1-37(2)55(38(3)4)64(56(39(5)6)40(7)8)68(63(53(33)34)54(35)36)70(67(61(49(25)26)50(27)28)62(51(29)30)52(31)32)69(65(57(41(9)10)42(11)12)58(43(13)14)44(15)16)66(59(45(17)18)46(19)20)60(47(21)22)48(23)24/h9H,5-8H2,1-4H3;9-10H,5-8,16H2,1-4H3;4-8H2,1-3H3;2H,1H3;. The van der Waals surface area contributed by atoms with Gasteiger partial charge in [0.15, 0.2) is 0 Å². The first kappa shape index (κ1) is 135. The van der Waals surface area contributed by atoms with Gasteiger partial charge >= 0.3 is 29.7 Å². The van der Waals surface area contributed by atoms with Crippen molar-refractivity contribution in [3.05, 3.63) is 77.0 Å². The van der Waals surface area contributed by atoms with Gasteiger partial charge in [-0.2, -0.15) is 0 Å². The van der Waals surface area contributed by atoms with Crippen molar-refractivity contribution in [2.24, 2.45) is 0 Å².